The third-order valence-electron chi connectivity index (χ3n) is 5.65. The van der Waals surface area contributed by atoms with Crippen LogP contribution in [0.25, 0.3) is 21.7 Å². The van der Waals surface area contributed by atoms with Crippen molar-refractivity contribution in [1.82, 2.24) is 25.7 Å². The number of fused-ring (bicyclic) bond motifs is 3. The van der Waals surface area contributed by atoms with Gasteiger partial charge in [0.05, 0.1) is 11.8 Å². The second kappa shape index (κ2) is 7.16. The van der Waals surface area contributed by atoms with Gasteiger partial charge in [0.15, 0.2) is 5.01 Å². The Morgan fingerprint density at radius 2 is 2.11 bits per heavy atom. The van der Waals surface area contributed by atoms with E-state index in [2.05, 4.69) is 25.7 Å². The number of piperidine rings is 2. The van der Waals surface area contributed by atoms with Gasteiger partial charge in [0.1, 0.15) is 18.0 Å². The summed E-state index contributed by atoms with van der Waals surface area (Å²) in [5.41, 5.74) is 2.43. The molecule has 2 aliphatic heterocycles. The Kier molecular flexibility index (Phi) is 4.50. The summed E-state index contributed by atoms with van der Waals surface area (Å²) in [5.74, 6) is 0.557. The number of aromatic amines is 1. The minimum atomic E-state index is -0.0251. The summed E-state index contributed by atoms with van der Waals surface area (Å²) in [6.07, 6.45) is 5.73. The lowest BCUT2D eigenvalue weighted by molar-refractivity contribution is -0.0937. The molecule has 9 heteroatoms. The Morgan fingerprint density at radius 3 is 2.82 bits per heavy atom. The van der Waals surface area contributed by atoms with Crippen molar-refractivity contribution in [3.63, 3.8) is 0 Å². The van der Waals surface area contributed by atoms with E-state index in [9.17, 15) is 5.11 Å². The molecule has 0 amide bonds. The monoisotopic (exact) mass is 399 g/mol. The number of methoxy groups -OCH3 is 1. The third kappa shape index (κ3) is 3.05. The van der Waals surface area contributed by atoms with Gasteiger partial charge in [-0.25, -0.2) is 0 Å². The van der Waals surface area contributed by atoms with Gasteiger partial charge in [-0.2, -0.15) is 5.10 Å². The predicted molar refractivity (Wildman–Crippen MR) is 104 cm³/mol. The zero-order valence-corrected chi connectivity index (χ0v) is 16.1. The molecular weight excluding hydrogens is 378 g/mol. The number of hydrogen-bond acceptors (Lipinski definition) is 8. The number of nitrogens with one attached hydrogen (secondary N) is 2. The van der Waals surface area contributed by atoms with Crippen LogP contribution in [0.2, 0.25) is 0 Å². The fourth-order valence-electron chi connectivity index (χ4n) is 4.20. The molecule has 0 radical (unpaired) electrons. The minimum absolute atomic E-state index is 0.0162. The standard InChI is InChI=1S/C19H21N5O3S/c1-26-17-14-5-3-11(7-20-14)16(17)27-19-24-23-18(28-19)13-4-2-10(6-15(13)25)12-8-21-22-9-12/h2,4,6,8-9,11,14,16-17,20,25H,3,5,7H2,1H3,(H,21,22)/t11?,14?,16-,17?/m1/s1. The molecule has 1 aliphatic carbocycles. The van der Waals surface area contributed by atoms with E-state index in [1.54, 1.807) is 25.6 Å². The Balaban J connectivity index is 1.36. The summed E-state index contributed by atoms with van der Waals surface area (Å²) < 4.78 is 11.9. The van der Waals surface area contributed by atoms with Crippen LogP contribution in [0.15, 0.2) is 30.6 Å². The Bertz CT molecular complexity index is 952. The van der Waals surface area contributed by atoms with Crippen LogP contribution in [0.4, 0.5) is 0 Å². The Morgan fingerprint density at radius 1 is 1.18 bits per heavy atom. The van der Waals surface area contributed by atoms with Gasteiger partial charge in [-0.1, -0.05) is 22.5 Å². The average molecular weight is 399 g/mol. The van der Waals surface area contributed by atoms with Gasteiger partial charge in [0, 0.05) is 37.4 Å². The van der Waals surface area contributed by atoms with E-state index in [-0.39, 0.29) is 18.0 Å². The molecule has 0 spiro atoms. The molecule has 28 heavy (non-hydrogen) atoms. The largest absolute Gasteiger partial charge is 0.507 e. The molecule has 3 unspecified atom stereocenters. The van der Waals surface area contributed by atoms with Crippen LogP contribution >= 0.6 is 11.3 Å². The van der Waals surface area contributed by atoms with Gasteiger partial charge in [-0.15, -0.1) is 5.10 Å². The second-order valence-corrected chi connectivity index (χ2v) is 8.17. The minimum Gasteiger partial charge on any atom is -0.507 e. The average Bonchev–Trinajstić information content (AvgIpc) is 3.41. The van der Waals surface area contributed by atoms with E-state index in [0.717, 1.165) is 30.5 Å². The fourth-order valence-corrected chi connectivity index (χ4v) is 4.97. The molecule has 3 aliphatic rings. The number of ether oxygens (including phenoxy) is 2. The number of hydrogen-bond donors (Lipinski definition) is 3. The molecular formula is C19H21N5O3S. The lowest BCUT2D eigenvalue weighted by atomic mass is 9.77. The van der Waals surface area contributed by atoms with Crippen molar-refractivity contribution in [3.05, 3.63) is 30.6 Å². The molecule has 4 heterocycles. The molecule has 8 nitrogen and oxygen atoms in total. The highest BCUT2D eigenvalue weighted by atomic mass is 32.1. The highest BCUT2D eigenvalue weighted by molar-refractivity contribution is 7.16. The van der Waals surface area contributed by atoms with E-state index >= 15 is 0 Å². The predicted octanol–water partition coefficient (Wildman–Crippen LogP) is 2.44. The Labute approximate surface area is 165 Å². The van der Waals surface area contributed by atoms with Crippen LogP contribution in [0.5, 0.6) is 10.9 Å². The van der Waals surface area contributed by atoms with Gasteiger partial charge < -0.3 is 19.9 Å². The fraction of sp³-hybridized carbons (Fsp3) is 0.421. The second-order valence-electron chi connectivity index (χ2n) is 7.23. The van der Waals surface area contributed by atoms with E-state index in [4.69, 9.17) is 9.47 Å². The summed E-state index contributed by atoms with van der Waals surface area (Å²) in [7, 11) is 1.73. The smallest absolute Gasteiger partial charge is 0.294 e. The Hall–Kier alpha value is -2.49. The summed E-state index contributed by atoms with van der Waals surface area (Å²) in [5, 5.41) is 30.3. The number of rotatable bonds is 5. The topological polar surface area (TPSA) is 105 Å². The molecule has 3 aromatic rings. The highest BCUT2D eigenvalue weighted by Gasteiger charge is 2.45. The van der Waals surface area contributed by atoms with Crippen LogP contribution in [-0.2, 0) is 4.74 Å². The molecule has 3 fully saturated rings. The van der Waals surface area contributed by atoms with Gasteiger partial charge in [0.2, 0.25) is 0 Å². The number of nitrogens with zero attached hydrogens (tertiary/aromatic N) is 3. The van der Waals surface area contributed by atoms with Gasteiger partial charge in [-0.3, -0.25) is 5.10 Å². The lowest BCUT2D eigenvalue weighted by Crippen LogP contribution is -2.63. The van der Waals surface area contributed by atoms with Crippen LogP contribution in [0.1, 0.15) is 12.8 Å². The van der Waals surface area contributed by atoms with Gasteiger partial charge >= 0.3 is 0 Å². The number of phenols is 1. The quantitative estimate of drug-likeness (QED) is 0.605. The summed E-state index contributed by atoms with van der Waals surface area (Å²) in [6.45, 7) is 0.942. The summed E-state index contributed by atoms with van der Waals surface area (Å²) in [6, 6.07) is 5.79. The van der Waals surface area contributed by atoms with E-state index < -0.39 is 0 Å². The van der Waals surface area contributed by atoms with Crippen LogP contribution < -0.4 is 10.1 Å². The van der Waals surface area contributed by atoms with Crippen LogP contribution in [0, 0.1) is 5.92 Å². The summed E-state index contributed by atoms with van der Waals surface area (Å²) in [4.78, 5) is 0. The molecule has 2 bridgehead atoms. The molecule has 3 N–H and O–H groups in total. The van der Waals surface area contributed by atoms with Gasteiger partial charge in [0.25, 0.3) is 5.19 Å². The van der Waals surface area contributed by atoms with Crippen LogP contribution in [-0.4, -0.2) is 57.4 Å². The van der Waals surface area contributed by atoms with Gasteiger partial charge in [-0.05, 0) is 30.5 Å². The first-order chi connectivity index (χ1) is 13.7. The number of benzene rings is 1. The van der Waals surface area contributed by atoms with Crippen LogP contribution in [0.3, 0.4) is 0 Å². The van der Waals surface area contributed by atoms with Crippen molar-refractivity contribution < 1.29 is 14.6 Å². The van der Waals surface area contributed by atoms with Crippen molar-refractivity contribution in [1.29, 1.82) is 0 Å². The molecule has 4 atom stereocenters. The number of aromatic hydroxyl groups is 1. The third-order valence-corrected chi connectivity index (χ3v) is 6.50. The molecule has 146 valence electrons. The number of H-pyrrole nitrogens is 1. The van der Waals surface area contributed by atoms with E-state index in [0.29, 0.717) is 27.7 Å². The zero-order valence-electron chi connectivity index (χ0n) is 15.3. The first-order valence-corrected chi connectivity index (χ1v) is 10.1. The van der Waals surface area contributed by atoms with Crippen molar-refractivity contribution in [2.24, 2.45) is 5.92 Å². The summed E-state index contributed by atoms with van der Waals surface area (Å²) >= 11 is 1.34. The normalized spacial score (nSPS) is 26.5. The first-order valence-electron chi connectivity index (χ1n) is 9.32. The van der Waals surface area contributed by atoms with E-state index in [1.165, 1.54) is 11.3 Å². The molecule has 1 saturated carbocycles. The van der Waals surface area contributed by atoms with Crippen molar-refractivity contribution in [2.45, 2.75) is 31.1 Å². The molecule has 6 rings (SSSR count). The number of phenolic OH excluding ortho intramolecular Hbond substituents is 1. The number of aromatic nitrogens is 4. The van der Waals surface area contributed by atoms with Crippen molar-refractivity contribution in [2.75, 3.05) is 13.7 Å². The zero-order chi connectivity index (χ0) is 19.1. The highest BCUT2D eigenvalue weighted by Crippen LogP contribution is 2.39. The molecule has 2 saturated heterocycles. The van der Waals surface area contributed by atoms with Crippen molar-refractivity contribution >= 4 is 11.3 Å². The molecule has 1 aromatic carbocycles. The maximum Gasteiger partial charge on any atom is 0.294 e. The maximum atomic E-state index is 10.5. The maximum absolute atomic E-state index is 10.5. The lowest BCUT2D eigenvalue weighted by Gasteiger charge is -2.47. The molecule has 2 aromatic heterocycles. The van der Waals surface area contributed by atoms with E-state index in [1.807, 2.05) is 12.1 Å². The SMILES string of the molecule is COC1C2CCC(CN2)[C@H]1Oc1nnc(-c2ccc(-c3cn[nH]c3)cc2O)s1. The first kappa shape index (κ1) is 17.6. The van der Waals surface area contributed by atoms with Crippen molar-refractivity contribution in [3.8, 4) is 32.6 Å².